The number of aryl methyl sites for hydroxylation is 1. The van der Waals surface area contributed by atoms with Crippen LogP contribution < -0.4 is 14.8 Å². The van der Waals surface area contributed by atoms with E-state index in [0.717, 1.165) is 15.7 Å². The Kier molecular flexibility index (Phi) is 5.59. The molecule has 1 aromatic heterocycles. The van der Waals surface area contributed by atoms with Crippen molar-refractivity contribution in [3.63, 3.8) is 0 Å². The number of carbonyl (C=O) groups excluding carboxylic acids is 1. The summed E-state index contributed by atoms with van der Waals surface area (Å²) in [5.41, 5.74) is 3.32. The molecule has 28 heavy (non-hydrogen) atoms. The second-order valence-electron chi connectivity index (χ2n) is 6.08. The topological polar surface area (TPSA) is 73.3 Å². The van der Waals surface area contributed by atoms with Crippen molar-refractivity contribution >= 4 is 40.2 Å². The molecule has 0 spiro atoms. The van der Waals surface area contributed by atoms with Crippen molar-refractivity contribution in [3.8, 4) is 11.5 Å². The molecule has 0 radical (unpaired) electrons. The summed E-state index contributed by atoms with van der Waals surface area (Å²) in [5, 5.41) is 11.4. The number of carbonyl (C=O) groups is 1. The average Bonchev–Trinajstić information content (AvgIpc) is 3.34. The lowest BCUT2D eigenvalue weighted by atomic mass is 10.2. The third-order valence-electron chi connectivity index (χ3n) is 3.94. The molecule has 8 heteroatoms. The molecule has 2 aromatic carbocycles. The van der Waals surface area contributed by atoms with Gasteiger partial charge in [0, 0.05) is 11.8 Å². The van der Waals surface area contributed by atoms with E-state index in [-0.39, 0.29) is 12.7 Å². The normalized spacial score (nSPS) is 12.5. The molecule has 1 N–H and O–H groups in total. The molecule has 1 aliphatic rings. The van der Waals surface area contributed by atoms with Crippen LogP contribution in [0.3, 0.4) is 0 Å². The third kappa shape index (κ3) is 4.71. The number of thioether (sulfide) groups is 1. The number of benzene rings is 2. The molecular weight excluding hydrogens is 394 g/mol. The minimum Gasteiger partial charge on any atom is -0.454 e. The van der Waals surface area contributed by atoms with Gasteiger partial charge in [-0.05, 0) is 36.3 Å². The first-order valence-electron chi connectivity index (χ1n) is 8.56. The number of nitrogens with one attached hydrogen (secondary N) is 1. The van der Waals surface area contributed by atoms with Crippen LogP contribution in [0.25, 0.3) is 6.08 Å². The predicted molar refractivity (Wildman–Crippen MR) is 111 cm³/mol. The second kappa shape index (κ2) is 8.45. The Morgan fingerprint density at radius 1 is 1.18 bits per heavy atom. The number of ether oxygens (including phenoxy) is 2. The molecule has 1 amide bonds. The van der Waals surface area contributed by atoms with Gasteiger partial charge >= 0.3 is 0 Å². The molecule has 0 unspecified atom stereocenters. The Balaban J connectivity index is 1.30. The summed E-state index contributed by atoms with van der Waals surface area (Å²) < 4.78 is 11.4. The maximum atomic E-state index is 12.1. The van der Waals surface area contributed by atoms with E-state index < -0.39 is 0 Å². The van der Waals surface area contributed by atoms with E-state index in [9.17, 15) is 4.79 Å². The zero-order chi connectivity index (χ0) is 19.3. The van der Waals surface area contributed by atoms with Crippen molar-refractivity contribution in [1.82, 2.24) is 10.2 Å². The summed E-state index contributed by atoms with van der Waals surface area (Å²) in [4.78, 5) is 12.1. The van der Waals surface area contributed by atoms with Crippen LogP contribution in [0.1, 0.15) is 16.7 Å². The minimum atomic E-state index is -0.260. The van der Waals surface area contributed by atoms with Gasteiger partial charge in [-0.1, -0.05) is 59.0 Å². The Labute approximate surface area is 170 Å². The van der Waals surface area contributed by atoms with Crippen LogP contribution in [-0.4, -0.2) is 22.9 Å². The average molecular weight is 412 g/mol. The first kappa shape index (κ1) is 18.5. The molecule has 4 rings (SSSR count). The van der Waals surface area contributed by atoms with Gasteiger partial charge in [0.1, 0.15) is 0 Å². The Bertz CT molecular complexity index is 1020. The Morgan fingerprint density at radius 3 is 2.86 bits per heavy atom. The van der Waals surface area contributed by atoms with E-state index in [2.05, 4.69) is 46.7 Å². The van der Waals surface area contributed by atoms with Gasteiger partial charge < -0.3 is 9.47 Å². The first-order chi connectivity index (χ1) is 13.7. The molecular formula is C20H17N3O3S2. The lowest BCUT2D eigenvalue weighted by Gasteiger charge is -1.99. The van der Waals surface area contributed by atoms with E-state index in [1.165, 1.54) is 28.5 Å². The molecule has 0 bridgehead atoms. The van der Waals surface area contributed by atoms with Crippen molar-refractivity contribution in [2.75, 3.05) is 12.1 Å². The highest BCUT2D eigenvalue weighted by molar-refractivity contribution is 8.00. The van der Waals surface area contributed by atoms with Crippen LogP contribution in [0.4, 0.5) is 5.13 Å². The van der Waals surface area contributed by atoms with E-state index in [4.69, 9.17) is 9.47 Å². The number of hydrogen-bond acceptors (Lipinski definition) is 7. The maximum absolute atomic E-state index is 12.1. The summed E-state index contributed by atoms with van der Waals surface area (Å²) in [7, 11) is 0. The third-order valence-corrected chi connectivity index (χ3v) is 5.99. The van der Waals surface area contributed by atoms with E-state index >= 15 is 0 Å². The summed E-state index contributed by atoms with van der Waals surface area (Å²) in [6, 6.07) is 13.9. The quantitative estimate of drug-likeness (QED) is 0.365. The Morgan fingerprint density at radius 2 is 2.00 bits per heavy atom. The van der Waals surface area contributed by atoms with Gasteiger partial charge in [0.25, 0.3) is 0 Å². The molecule has 142 valence electrons. The fraction of sp³-hybridized carbons (Fsp3) is 0.150. The molecule has 0 aliphatic carbocycles. The summed E-state index contributed by atoms with van der Waals surface area (Å²) >= 11 is 2.96. The molecule has 6 nitrogen and oxygen atoms in total. The minimum absolute atomic E-state index is 0.226. The SMILES string of the molecule is Cc1ccc(CSc2nnc(NC(=O)/C=C/c3ccc4c(c3)OCO4)s2)cc1. The Hall–Kier alpha value is -2.84. The monoisotopic (exact) mass is 411 g/mol. The van der Waals surface area contributed by atoms with Crippen LogP contribution in [0.5, 0.6) is 11.5 Å². The van der Waals surface area contributed by atoms with Gasteiger partial charge in [-0.2, -0.15) is 0 Å². The number of anilines is 1. The van der Waals surface area contributed by atoms with E-state index in [1.54, 1.807) is 17.8 Å². The highest BCUT2D eigenvalue weighted by Gasteiger charge is 2.12. The summed E-state index contributed by atoms with van der Waals surface area (Å²) in [6.07, 6.45) is 3.17. The van der Waals surface area contributed by atoms with Gasteiger partial charge in [0.15, 0.2) is 15.8 Å². The molecule has 0 atom stereocenters. The van der Waals surface area contributed by atoms with Crippen molar-refractivity contribution in [2.45, 2.75) is 17.0 Å². The van der Waals surface area contributed by atoms with Crippen molar-refractivity contribution in [2.24, 2.45) is 0 Å². The molecule has 2 heterocycles. The first-order valence-corrected chi connectivity index (χ1v) is 10.4. The number of aromatic nitrogens is 2. The van der Waals surface area contributed by atoms with Crippen molar-refractivity contribution in [3.05, 3.63) is 65.2 Å². The van der Waals surface area contributed by atoms with Gasteiger partial charge in [-0.25, -0.2) is 0 Å². The lowest BCUT2D eigenvalue weighted by Crippen LogP contribution is -2.07. The second-order valence-corrected chi connectivity index (χ2v) is 8.28. The van der Waals surface area contributed by atoms with E-state index in [1.807, 2.05) is 18.2 Å². The largest absolute Gasteiger partial charge is 0.454 e. The highest BCUT2D eigenvalue weighted by atomic mass is 32.2. The van der Waals surface area contributed by atoms with Crippen molar-refractivity contribution in [1.29, 1.82) is 0 Å². The maximum Gasteiger partial charge on any atom is 0.250 e. The lowest BCUT2D eigenvalue weighted by molar-refractivity contribution is -0.111. The van der Waals surface area contributed by atoms with Gasteiger partial charge in [-0.15, -0.1) is 10.2 Å². The number of fused-ring (bicyclic) bond motifs is 1. The number of amides is 1. The van der Waals surface area contributed by atoms with Crippen LogP contribution >= 0.6 is 23.1 Å². The van der Waals surface area contributed by atoms with Gasteiger partial charge in [0.2, 0.25) is 17.8 Å². The van der Waals surface area contributed by atoms with Crippen LogP contribution in [0, 0.1) is 6.92 Å². The van der Waals surface area contributed by atoms with Crippen molar-refractivity contribution < 1.29 is 14.3 Å². The predicted octanol–water partition coefficient (Wildman–Crippen LogP) is 4.52. The van der Waals surface area contributed by atoms with Gasteiger partial charge in [0.05, 0.1) is 0 Å². The fourth-order valence-electron chi connectivity index (χ4n) is 2.48. The molecule has 0 saturated carbocycles. The molecule has 0 saturated heterocycles. The number of hydrogen-bond donors (Lipinski definition) is 1. The van der Waals surface area contributed by atoms with Crippen LogP contribution in [0.2, 0.25) is 0 Å². The molecule has 1 aliphatic heterocycles. The van der Waals surface area contributed by atoms with Crippen LogP contribution in [-0.2, 0) is 10.5 Å². The molecule has 0 fully saturated rings. The zero-order valence-electron chi connectivity index (χ0n) is 15.0. The fourth-order valence-corrected chi connectivity index (χ4v) is 4.19. The number of rotatable bonds is 6. The van der Waals surface area contributed by atoms with Gasteiger partial charge in [-0.3, -0.25) is 10.1 Å². The summed E-state index contributed by atoms with van der Waals surface area (Å²) in [6.45, 7) is 2.29. The smallest absolute Gasteiger partial charge is 0.250 e. The van der Waals surface area contributed by atoms with Crippen LogP contribution in [0.15, 0.2) is 52.9 Å². The zero-order valence-corrected chi connectivity index (χ0v) is 16.7. The standard InChI is InChI=1S/C20H17N3O3S2/c1-13-2-4-15(5-3-13)11-27-20-23-22-19(28-20)21-18(24)9-7-14-6-8-16-17(10-14)26-12-25-16/h2-10H,11-12H2,1H3,(H,21,22,24)/b9-7+. The number of nitrogens with zero attached hydrogens (tertiary/aromatic N) is 2. The van der Waals surface area contributed by atoms with E-state index in [0.29, 0.717) is 16.6 Å². The summed E-state index contributed by atoms with van der Waals surface area (Å²) in [5.74, 6) is 1.95. The highest BCUT2D eigenvalue weighted by Crippen LogP contribution is 2.33. The molecule has 3 aromatic rings.